The van der Waals surface area contributed by atoms with E-state index in [9.17, 15) is 12.8 Å². The van der Waals surface area contributed by atoms with Crippen LogP contribution in [0.3, 0.4) is 0 Å². The Morgan fingerprint density at radius 1 is 1.24 bits per heavy atom. The van der Waals surface area contributed by atoms with Gasteiger partial charge in [0.2, 0.25) is 0 Å². The van der Waals surface area contributed by atoms with E-state index in [0.717, 1.165) is 0 Å². The van der Waals surface area contributed by atoms with Crippen molar-refractivity contribution in [3.63, 3.8) is 0 Å². The van der Waals surface area contributed by atoms with Crippen LogP contribution in [0.2, 0.25) is 5.02 Å². The molecule has 112 valence electrons. The van der Waals surface area contributed by atoms with Gasteiger partial charge in [-0.05, 0) is 48.4 Å². The van der Waals surface area contributed by atoms with Crippen LogP contribution in [-0.4, -0.2) is 13.5 Å². The summed E-state index contributed by atoms with van der Waals surface area (Å²) in [6.07, 6.45) is 0. The largest absolute Gasteiger partial charge is 0.392 e. The van der Waals surface area contributed by atoms with E-state index in [2.05, 4.69) is 4.72 Å². The molecular formula is C14H13ClFNO3S. The van der Waals surface area contributed by atoms with Crippen LogP contribution in [0.4, 0.5) is 10.1 Å². The Morgan fingerprint density at radius 2 is 1.95 bits per heavy atom. The number of sulfonamides is 1. The van der Waals surface area contributed by atoms with Crippen molar-refractivity contribution in [3.8, 4) is 0 Å². The van der Waals surface area contributed by atoms with Crippen molar-refractivity contribution >= 4 is 27.3 Å². The molecule has 0 heterocycles. The smallest absolute Gasteiger partial charge is 0.261 e. The summed E-state index contributed by atoms with van der Waals surface area (Å²) in [4.78, 5) is -0.0355. The topological polar surface area (TPSA) is 66.4 Å². The van der Waals surface area contributed by atoms with Crippen LogP contribution in [0.25, 0.3) is 0 Å². The fourth-order valence-corrected chi connectivity index (χ4v) is 3.13. The highest BCUT2D eigenvalue weighted by molar-refractivity contribution is 7.92. The first kappa shape index (κ1) is 15.8. The molecule has 0 atom stereocenters. The Morgan fingerprint density at radius 3 is 2.52 bits per heavy atom. The summed E-state index contributed by atoms with van der Waals surface area (Å²) in [6, 6.07) is 7.96. The maximum atomic E-state index is 13.2. The number of aliphatic hydroxyl groups excluding tert-OH is 1. The molecule has 0 fully saturated rings. The molecule has 0 unspecified atom stereocenters. The molecule has 0 radical (unpaired) electrons. The number of hydrogen-bond donors (Lipinski definition) is 2. The van der Waals surface area contributed by atoms with Gasteiger partial charge in [0.25, 0.3) is 10.0 Å². The van der Waals surface area contributed by atoms with Crippen LogP contribution in [0.15, 0.2) is 41.3 Å². The first-order chi connectivity index (χ1) is 9.83. The average Bonchev–Trinajstić information content (AvgIpc) is 2.42. The lowest BCUT2D eigenvalue weighted by molar-refractivity contribution is 0.282. The minimum atomic E-state index is -3.83. The molecule has 0 aliphatic rings. The van der Waals surface area contributed by atoms with Crippen molar-refractivity contribution in [2.75, 3.05) is 4.72 Å². The van der Waals surface area contributed by atoms with E-state index in [-0.39, 0.29) is 22.2 Å². The van der Waals surface area contributed by atoms with Gasteiger partial charge in [0.05, 0.1) is 11.5 Å². The van der Waals surface area contributed by atoms with Crippen LogP contribution in [0.5, 0.6) is 0 Å². The van der Waals surface area contributed by atoms with E-state index in [4.69, 9.17) is 16.7 Å². The lowest BCUT2D eigenvalue weighted by Crippen LogP contribution is -2.13. The lowest BCUT2D eigenvalue weighted by atomic mass is 10.2. The molecule has 2 N–H and O–H groups in total. The van der Waals surface area contributed by atoms with Gasteiger partial charge >= 0.3 is 0 Å². The van der Waals surface area contributed by atoms with Gasteiger partial charge in [0.1, 0.15) is 5.82 Å². The molecule has 0 spiro atoms. The van der Waals surface area contributed by atoms with Crippen LogP contribution in [-0.2, 0) is 16.6 Å². The lowest BCUT2D eigenvalue weighted by Gasteiger charge is -2.10. The molecule has 0 amide bonds. The summed E-state index contributed by atoms with van der Waals surface area (Å²) >= 11 is 5.88. The molecule has 21 heavy (non-hydrogen) atoms. The maximum Gasteiger partial charge on any atom is 0.261 e. The molecule has 0 aliphatic heterocycles. The van der Waals surface area contributed by atoms with E-state index in [1.165, 1.54) is 36.4 Å². The highest BCUT2D eigenvalue weighted by atomic mass is 35.5. The van der Waals surface area contributed by atoms with Crippen molar-refractivity contribution in [1.82, 2.24) is 0 Å². The first-order valence-electron chi connectivity index (χ1n) is 6.02. The standard InChI is InChI=1S/C14H13ClFNO3S/c1-9-6-11(3-5-14(9)16)17-21(19,20)12-4-2-10(8-18)13(15)7-12/h2-7,17-18H,8H2,1H3. The highest BCUT2D eigenvalue weighted by Gasteiger charge is 2.16. The van der Waals surface area contributed by atoms with Crippen molar-refractivity contribution in [1.29, 1.82) is 0 Å². The van der Waals surface area contributed by atoms with Crippen LogP contribution >= 0.6 is 11.6 Å². The maximum absolute atomic E-state index is 13.2. The second-order valence-electron chi connectivity index (χ2n) is 4.48. The Kier molecular flexibility index (Phi) is 4.51. The van der Waals surface area contributed by atoms with E-state index in [1.807, 2.05) is 0 Å². The molecule has 0 aromatic heterocycles. The average molecular weight is 330 g/mol. The summed E-state index contributed by atoms with van der Waals surface area (Å²) in [5, 5.41) is 9.18. The summed E-state index contributed by atoms with van der Waals surface area (Å²) in [5.74, 6) is -0.409. The number of benzene rings is 2. The van der Waals surface area contributed by atoms with Crippen LogP contribution in [0.1, 0.15) is 11.1 Å². The Labute approximate surface area is 127 Å². The van der Waals surface area contributed by atoms with E-state index in [0.29, 0.717) is 11.1 Å². The summed E-state index contributed by atoms with van der Waals surface area (Å²) in [5.41, 5.74) is 1.04. The van der Waals surface area contributed by atoms with Gasteiger partial charge in [-0.25, -0.2) is 12.8 Å². The summed E-state index contributed by atoms with van der Waals surface area (Å²) < 4.78 is 40.0. The van der Waals surface area contributed by atoms with Crippen molar-refractivity contribution in [2.45, 2.75) is 18.4 Å². The number of nitrogens with one attached hydrogen (secondary N) is 1. The Bertz CT molecular complexity index is 778. The third-order valence-corrected chi connectivity index (χ3v) is 4.65. The van der Waals surface area contributed by atoms with Gasteiger partial charge in [-0.2, -0.15) is 0 Å². The van der Waals surface area contributed by atoms with Crippen LogP contribution in [0, 0.1) is 12.7 Å². The zero-order valence-corrected chi connectivity index (χ0v) is 12.7. The predicted octanol–water partition coefficient (Wildman–Crippen LogP) is 3.08. The first-order valence-corrected chi connectivity index (χ1v) is 7.88. The van der Waals surface area contributed by atoms with Gasteiger partial charge in [-0.15, -0.1) is 0 Å². The van der Waals surface area contributed by atoms with Crippen molar-refractivity contribution in [3.05, 3.63) is 58.4 Å². The number of rotatable bonds is 4. The van der Waals surface area contributed by atoms with E-state index in [1.54, 1.807) is 6.92 Å². The van der Waals surface area contributed by atoms with Gasteiger partial charge in [0, 0.05) is 10.7 Å². The zero-order chi connectivity index (χ0) is 15.6. The highest BCUT2D eigenvalue weighted by Crippen LogP contribution is 2.23. The molecule has 0 bridgehead atoms. The predicted molar refractivity (Wildman–Crippen MR) is 79.3 cm³/mol. The molecule has 7 heteroatoms. The van der Waals surface area contributed by atoms with E-state index >= 15 is 0 Å². The third kappa shape index (κ3) is 3.53. The number of aliphatic hydroxyl groups is 1. The number of anilines is 1. The molecule has 0 saturated heterocycles. The van der Waals surface area contributed by atoms with Crippen molar-refractivity contribution < 1.29 is 17.9 Å². The molecular weight excluding hydrogens is 317 g/mol. The van der Waals surface area contributed by atoms with Gasteiger partial charge < -0.3 is 5.11 Å². The van der Waals surface area contributed by atoms with Gasteiger partial charge in [-0.1, -0.05) is 17.7 Å². The monoisotopic (exact) mass is 329 g/mol. The van der Waals surface area contributed by atoms with Crippen LogP contribution < -0.4 is 4.72 Å². The zero-order valence-electron chi connectivity index (χ0n) is 11.1. The molecule has 0 aliphatic carbocycles. The quantitative estimate of drug-likeness (QED) is 0.906. The second kappa shape index (κ2) is 6.01. The molecule has 2 rings (SSSR count). The summed E-state index contributed by atoms with van der Waals surface area (Å²) in [6.45, 7) is 1.27. The van der Waals surface area contributed by atoms with Gasteiger partial charge in [-0.3, -0.25) is 4.72 Å². The van der Waals surface area contributed by atoms with Crippen molar-refractivity contribution in [2.24, 2.45) is 0 Å². The normalized spacial score (nSPS) is 11.4. The molecule has 0 saturated carbocycles. The molecule has 2 aromatic rings. The SMILES string of the molecule is Cc1cc(NS(=O)(=O)c2ccc(CO)c(Cl)c2)ccc1F. The fourth-order valence-electron chi connectivity index (χ4n) is 1.75. The third-order valence-electron chi connectivity index (χ3n) is 2.92. The Balaban J connectivity index is 2.33. The Hall–Kier alpha value is -1.63. The number of halogens is 2. The fraction of sp³-hybridized carbons (Fsp3) is 0.143. The summed E-state index contributed by atoms with van der Waals surface area (Å²) in [7, 11) is -3.83. The minimum absolute atomic E-state index is 0.0355. The molecule has 2 aromatic carbocycles. The molecule has 4 nitrogen and oxygen atoms in total. The van der Waals surface area contributed by atoms with Gasteiger partial charge in [0.15, 0.2) is 0 Å². The van der Waals surface area contributed by atoms with E-state index < -0.39 is 15.8 Å². The number of aryl methyl sites for hydroxylation is 1. The second-order valence-corrected chi connectivity index (χ2v) is 6.57. The number of hydrogen-bond acceptors (Lipinski definition) is 3. The minimum Gasteiger partial charge on any atom is -0.392 e.